The molecule has 1 amide bonds. The molecule has 19 heavy (non-hydrogen) atoms. The van der Waals surface area contributed by atoms with Crippen molar-refractivity contribution in [3.8, 4) is 0 Å². The van der Waals surface area contributed by atoms with Gasteiger partial charge in [-0.2, -0.15) is 0 Å². The third-order valence-electron chi connectivity index (χ3n) is 2.40. The normalized spacial score (nSPS) is 10.0. The molecule has 96 valence electrons. The van der Waals surface area contributed by atoms with Crippen LogP contribution in [0, 0.1) is 5.82 Å². The zero-order valence-electron chi connectivity index (χ0n) is 9.69. The van der Waals surface area contributed by atoms with Crippen LogP contribution in [0.5, 0.6) is 0 Å². The zero-order valence-corrected chi connectivity index (χ0v) is 10.4. The predicted molar refractivity (Wildman–Crippen MR) is 70.8 cm³/mol. The third kappa shape index (κ3) is 3.39. The van der Waals surface area contributed by atoms with E-state index in [-0.39, 0.29) is 5.56 Å². The molecule has 0 unspecified atom stereocenters. The van der Waals surface area contributed by atoms with Gasteiger partial charge in [-0.1, -0.05) is 17.7 Å². The van der Waals surface area contributed by atoms with E-state index in [0.29, 0.717) is 10.7 Å². The molecule has 0 heterocycles. The van der Waals surface area contributed by atoms with Crippen LogP contribution in [-0.2, 0) is 4.79 Å². The van der Waals surface area contributed by atoms with Gasteiger partial charge in [0.15, 0.2) is 0 Å². The van der Waals surface area contributed by atoms with Gasteiger partial charge < -0.3 is 5.32 Å². The number of carbonyl (C=O) groups is 2. The van der Waals surface area contributed by atoms with E-state index in [0.717, 1.165) is 12.1 Å². The number of ketones is 1. The van der Waals surface area contributed by atoms with Gasteiger partial charge in [-0.05, 0) is 42.5 Å². The fraction of sp³-hybridized carbons (Fsp3) is 0. The van der Waals surface area contributed by atoms with Crippen molar-refractivity contribution in [2.45, 2.75) is 0 Å². The van der Waals surface area contributed by atoms with Crippen LogP contribution in [0.1, 0.15) is 10.4 Å². The Morgan fingerprint density at radius 3 is 2.37 bits per heavy atom. The van der Waals surface area contributed by atoms with Crippen molar-refractivity contribution in [2.75, 3.05) is 5.32 Å². The third-order valence-corrected chi connectivity index (χ3v) is 2.63. The summed E-state index contributed by atoms with van der Waals surface area (Å²) in [6.07, 6.45) is 0. The van der Waals surface area contributed by atoms with Crippen LogP contribution >= 0.6 is 11.6 Å². The molecule has 0 aliphatic rings. The van der Waals surface area contributed by atoms with Crippen LogP contribution in [0.3, 0.4) is 0 Å². The number of anilines is 1. The van der Waals surface area contributed by atoms with Gasteiger partial charge in [0.1, 0.15) is 5.82 Å². The number of carbonyl (C=O) groups excluding carboxylic acids is 2. The first-order valence-electron chi connectivity index (χ1n) is 5.43. The van der Waals surface area contributed by atoms with E-state index in [9.17, 15) is 14.0 Å². The first-order valence-corrected chi connectivity index (χ1v) is 5.81. The number of rotatable bonds is 3. The van der Waals surface area contributed by atoms with Crippen LogP contribution in [0.2, 0.25) is 5.02 Å². The summed E-state index contributed by atoms with van der Waals surface area (Å²) in [4.78, 5) is 23.5. The summed E-state index contributed by atoms with van der Waals surface area (Å²) in [6.45, 7) is 0. The Labute approximate surface area is 114 Å². The number of nitrogens with one attached hydrogen (secondary N) is 1. The van der Waals surface area contributed by atoms with E-state index in [2.05, 4.69) is 5.32 Å². The van der Waals surface area contributed by atoms with Gasteiger partial charge >= 0.3 is 0 Å². The van der Waals surface area contributed by atoms with Crippen molar-refractivity contribution < 1.29 is 14.0 Å². The van der Waals surface area contributed by atoms with Crippen LogP contribution in [0.15, 0.2) is 48.5 Å². The summed E-state index contributed by atoms with van der Waals surface area (Å²) in [7, 11) is 0. The van der Waals surface area contributed by atoms with Crippen LogP contribution in [0.4, 0.5) is 10.1 Å². The lowest BCUT2D eigenvalue weighted by Gasteiger charge is -2.04. The first-order chi connectivity index (χ1) is 9.06. The average Bonchev–Trinajstić information content (AvgIpc) is 2.39. The first kappa shape index (κ1) is 13.2. The molecule has 0 radical (unpaired) electrons. The smallest absolute Gasteiger partial charge is 0.296 e. The molecule has 0 saturated carbocycles. The van der Waals surface area contributed by atoms with Crippen molar-refractivity contribution in [1.82, 2.24) is 0 Å². The van der Waals surface area contributed by atoms with E-state index in [1.54, 1.807) is 18.2 Å². The van der Waals surface area contributed by atoms with Gasteiger partial charge in [-0.15, -0.1) is 0 Å². The molecule has 5 heteroatoms. The lowest BCUT2D eigenvalue weighted by molar-refractivity contribution is -0.112. The summed E-state index contributed by atoms with van der Waals surface area (Å²) in [6, 6.07) is 11.2. The highest BCUT2D eigenvalue weighted by Crippen LogP contribution is 2.15. The van der Waals surface area contributed by atoms with E-state index in [1.807, 2.05) is 0 Å². The minimum atomic E-state index is -0.797. The van der Waals surface area contributed by atoms with Crippen molar-refractivity contribution in [1.29, 1.82) is 0 Å². The Morgan fingerprint density at radius 1 is 1.05 bits per heavy atom. The van der Waals surface area contributed by atoms with Crippen LogP contribution in [0.25, 0.3) is 0 Å². The molecular formula is C14H9ClFNO2. The van der Waals surface area contributed by atoms with Crippen molar-refractivity contribution in [3.63, 3.8) is 0 Å². The Bertz CT molecular complexity index is 626. The molecule has 0 atom stereocenters. The SMILES string of the molecule is O=C(Nc1cccc(Cl)c1)C(=O)c1ccc(F)cc1. The Morgan fingerprint density at radius 2 is 1.74 bits per heavy atom. The molecule has 0 aliphatic carbocycles. The molecular weight excluding hydrogens is 269 g/mol. The predicted octanol–water partition coefficient (Wildman–Crippen LogP) is 3.30. The highest BCUT2D eigenvalue weighted by atomic mass is 35.5. The quantitative estimate of drug-likeness (QED) is 0.691. The van der Waals surface area contributed by atoms with Gasteiger partial charge in [0.2, 0.25) is 0 Å². The van der Waals surface area contributed by atoms with Crippen molar-refractivity contribution >= 4 is 29.0 Å². The number of Topliss-reactive ketones (excluding diaryl/α,β-unsaturated/α-hetero) is 1. The van der Waals surface area contributed by atoms with Gasteiger partial charge in [-0.3, -0.25) is 9.59 Å². The number of halogens is 2. The van der Waals surface area contributed by atoms with Gasteiger partial charge in [0.05, 0.1) is 0 Å². The van der Waals surface area contributed by atoms with E-state index in [4.69, 9.17) is 11.6 Å². The summed E-state index contributed by atoms with van der Waals surface area (Å²) >= 11 is 5.76. The van der Waals surface area contributed by atoms with E-state index < -0.39 is 17.5 Å². The zero-order chi connectivity index (χ0) is 13.8. The topological polar surface area (TPSA) is 46.2 Å². The van der Waals surface area contributed by atoms with Crippen molar-refractivity contribution in [3.05, 3.63) is 64.9 Å². The van der Waals surface area contributed by atoms with Crippen LogP contribution < -0.4 is 5.32 Å². The maximum atomic E-state index is 12.7. The Balaban J connectivity index is 2.12. The summed E-state index contributed by atoms with van der Waals surface area (Å²) in [5.74, 6) is -2.00. The minimum absolute atomic E-state index is 0.126. The van der Waals surface area contributed by atoms with E-state index in [1.165, 1.54) is 18.2 Å². The molecule has 3 nitrogen and oxygen atoms in total. The molecule has 2 aromatic carbocycles. The molecule has 2 rings (SSSR count). The lowest BCUT2D eigenvalue weighted by Crippen LogP contribution is -2.22. The molecule has 0 bridgehead atoms. The molecule has 0 aromatic heterocycles. The number of hydrogen-bond donors (Lipinski definition) is 1. The van der Waals surface area contributed by atoms with Gasteiger partial charge in [-0.25, -0.2) is 4.39 Å². The monoisotopic (exact) mass is 277 g/mol. The van der Waals surface area contributed by atoms with Gasteiger partial charge in [0, 0.05) is 16.3 Å². The maximum absolute atomic E-state index is 12.7. The number of benzene rings is 2. The summed E-state index contributed by atoms with van der Waals surface area (Å²) < 4.78 is 12.7. The largest absolute Gasteiger partial charge is 0.319 e. The molecule has 0 saturated heterocycles. The fourth-order valence-electron chi connectivity index (χ4n) is 1.49. The molecule has 0 aliphatic heterocycles. The standard InChI is InChI=1S/C14H9ClFNO2/c15-10-2-1-3-12(8-10)17-14(19)13(18)9-4-6-11(16)7-5-9/h1-8H,(H,17,19). The highest BCUT2D eigenvalue weighted by Gasteiger charge is 2.16. The second-order valence-electron chi connectivity index (χ2n) is 3.80. The number of amides is 1. The lowest BCUT2D eigenvalue weighted by atomic mass is 10.1. The molecule has 0 spiro atoms. The second-order valence-corrected chi connectivity index (χ2v) is 4.24. The Hall–Kier alpha value is -2.20. The second kappa shape index (κ2) is 5.63. The molecule has 2 aromatic rings. The average molecular weight is 278 g/mol. The maximum Gasteiger partial charge on any atom is 0.296 e. The van der Waals surface area contributed by atoms with Crippen molar-refractivity contribution in [2.24, 2.45) is 0 Å². The van der Waals surface area contributed by atoms with Gasteiger partial charge in [0.25, 0.3) is 11.7 Å². The molecule has 1 N–H and O–H groups in total. The van der Waals surface area contributed by atoms with E-state index >= 15 is 0 Å². The number of hydrogen-bond acceptors (Lipinski definition) is 2. The minimum Gasteiger partial charge on any atom is -0.319 e. The van der Waals surface area contributed by atoms with Crippen LogP contribution in [-0.4, -0.2) is 11.7 Å². The fourth-order valence-corrected chi connectivity index (χ4v) is 1.68. The summed E-state index contributed by atoms with van der Waals surface area (Å²) in [5, 5.41) is 2.88. The molecule has 0 fully saturated rings. The summed E-state index contributed by atoms with van der Waals surface area (Å²) in [5.41, 5.74) is 0.550. The highest BCUT2D eigenvalue weighted by molar-refractivity contribution is 6.46. The Kier molecular flexibility index (Phi) is 3.92.